The lowest BCUT2D eigenvalue weighted by Gasteiger charge is -2.43. The minimum absolute atomic E-state index is 0.0464. The van der Waals surface area contributed by atoms with Crippen LogP contribution >= 0.6 is 0 Å². The molecule has 0 radical (unpaired) electrons. The molecule has 1 N–H and O–H groups in total. The number of rotatable bonds is 7. The topological polar surface area (TPSA) is 71.1 Å². The zero-order chi connectivity index (χ0) is 22.4. The van der Waals surface area contributed by atoms with Crippen molar-refractivity contribution >= 4 is 23.3 Å². The molecule has 1 amide bonds. The number of benzene rings is 2. The molecular formula is C24H31N3O4. The number of esters is 1. The van der Waals surface area contributed by atoms with E-state index in [4.69, 9.17) is 9.47 Å². The van der Waals surface area contributed by atoms with E-state index in [9.17, 15) is 9.59 Å². The number of hydrogen-bond donors (Lipinski definition) is 1. The summed E-state index contributed by atoms with van der Waals surface area (Å²) in [5, 5.41) is 3.02. The number of para-hydroxylation sites is 2. The molecule has 0 spiro atoms. The summed E-state index contributed by atoms with van der Waals surface area (Å²) in [7, 11) is 1.38. The first-order valence-electron chi connectivity index (χ1n) is 10.7. The van der Waals surface area contributed by atoms with E-state index in [0.29, 0.717) is 23.6 Å². The van der Waals surface area contributed by atoms with Crippen molar-refractivity contribution in [2.75, 3.05) is 43.6 Å². The number of methoxy groups -OCH3 is 1. The highest BCUT2D eigenvalue weighted by molar-refractivity contribution is 5.95. The van der Waals surface area contributed by atoms with Crippen LogP contribution < -0.4 is 15.0 Å². The number of ether oxygens (including phenoxy) is 2. The fourth-order valence-corrected chi connectivity index (χ4v) is 3.95. The summed E-state index contributed by atoms with van der Waals surface area (Å²) in [6.45, 7) is 8.90. The molecule has 1 fully saturated rings. The Labute approximate surface area is 183 Å². The number of hydrogen-bond acceptors (Lipinski definition) is 6. The van der Waals surface area contributed by atoms with E-state index >= 15 is 0 Å². The second-order valence-corrected chi connectivity index (χ2v) is 7.67. The number of carbonyl (C=O) groups is 2. The maximum atomic E-state index is 12.9. The highest BCUT2D eigenvalue weighted by Gasteiger charge is 2.31. The molecule has 1 heterocycles. The molecule has 7 heteroatoms. The van der Waals surface area contributed by atoms with Crippen LogP contribution in [0.5, 0.6) is 5.75 Å². The Balaban J connectivity index is 1.61. The summed E-state index contributed by atoms with van der Waals surface area (Å²) in [6.07, 6.45) is 0. The molecule has 166 valence electrons. The van der Waals surface area contributed by atoms with Crippen molar-refractivity contribution in [3.8, 4) is 5.75 Å². The van der Waals surface area contributed by atoms with Gasteiger partial charge in [-0.25, -0.2) is 4.79 Å². The minimum atomic E-state index is -0.338. The van der Waals surface area contributed by atoms with Crippen molar-refractivity contribution < 1.29 is 19.1 Å². The molecule has 2 unspecified atom stereocenters. The number of nitrogens with one attached hydrogen (secondary N) is 1. The Morgan fingerprint density at radius 3 is 2.48 bits per heavy atom. The molecule has 0 aromatic heterocycles. The third-order valence-corrected chi connectivity index (χ3v) is 5.65. The van der Waals surface area contributed by atoms with Gasteiger partial charge in [-0.1, -0.05) is 12.1 Å². The van der Waals surface area contributed by atoms with Crippen LogP contribution in [-0.4, -0.2) is 62.2 Å². The minimum Gasteiger partial charge on any atom is -0.492 e. The first-order valence-corrected chi connectivity index (χ1v) is 10.7. The predicted octanol–water partition coefficient (Wildman–Crippen LogP) is 3.41. The maximum Gasteiger partial charge on any atom is 0.337 e. The number of anilines is 2. The molecule has 1 aliphatic heterocycles. The summed E-state index contributed by atoms with van der Waals surface area (Å²) in [5.74, 6) is 0.296. The molecular weight excluding hydrogens is 394 g/mol. The van der Waals surface area contributed by atoms with Crippen LogP contribution in [0.2, 0.25) is 0 Å². The Bertz CT molecular complexity index is 900. The number of piperazine rings is 1. The van der Waals surface area contributed by atoms with Gasteiger partial charge in [-0.3, -0.25) is 9.69 Å². The van der Waals surface area contributed by atoms with Crippen LogP contribution in [0.3, 0.4) is 0 Å². The quantitative estimate of drug-likeness (QED) is 0.686. The Morgan fingerprint density at radius 2 is 1.84 bits per heavy atom. The van der Waals surface area contributed by atoms with Gasteiger partial charge < -0.3 is 19.7 Å². The van der Waals surface area contributed by atoms with Gasteiger partial charge in [0, 0.05) is 31.4 Å². The first kappa shape index (κ1) is 22.6. The van der Waals surface area contributed by atoms with Gasteiger partial charge in [0.2, 0.25) is 5.91 Å². The van der Waals surface area contributed by atoms with Gasteiger partial charge in [0.1, 0.15) is 5.75 Å². The lowest BCUT2D eigenvalue weighted by Crippen LogP contribution is -2.57. The number of amides is 1. The largest absolute Gasteiger partial charge is 0.492 e. The van der Waals surface area contributed by atoms with E-state index in [1.165, 1.54) is 7.11 Å². The zero-order valence-corrected chi connectivity index (χ0v) is 18.6. The van der Waals surface area contributed by atoms with Crippen LogP contribution in [0.1, 0.15) is 31.1 Å². The molecule has 0 aliphatic carbocycles. The predicted molar refractivity (Wildman–Crippen MR) is 122 cm³/mol. The average molecular weight is 426 g/mol. The van der Waals surface area contributed by atoms with E-state index in [0.717, 1.165) is 25.3 Å². The van der Waals surface area contributed by atoms with E-state index in [2.05, 4.69) is 22.0 Å². The lowest BCUT2D eigenvalue weighted by atomic mass is 10.1. The summed E-state index contributed by atoms with van der Waals surface area (Å²) >= 11 is 0. The van der Waals surface area contributed by atoms with Gasteiger partial charge in [-0.15, -0.1) is 0 Å². The molecule has 0 bridgehead atoms. The molecule has 2 aromatic carbocycles. The highest BCUT2D eigenvalue weighted by atomic mass is 16.5. The number of nitrogens with zero attached hydrogens (tertiary/aromatic N) is 2. The van der Waals surface area contributed by atoms with Crippen LogP contribution in [-0.2, 0) is 9.53 Å². The van der Waals surface area contributed by atoms with E-state index in [-0.39, 0.29) is 24.0 Å². The average Bonchev–Trinajstić information content (AvgIpc) is 2.79. The fraction of sp³-hybridized carbons (Fsp3) is 0.417. The highest BCUT2D eigenvalue weighted by Crippen LogP contribution is 2.25. The van der Waals surface area contributed by atoms with Gasteiger partial charge in [-0.05, 0) is 57.2 Å². The van der Waals surface area contributed by atoms with Crippen LogP contribution in [0.25, 0.3) is 0 Å². The van der Waals surface area contributed by atoms with Gasteiger partial charge in [0.25, 0.3) is 0 Å². The standard InChI is InChI=1S/C24H31N3O4/c1-5-31-22-9-7-6-8-21(22)25-23(28)18(3)27-15-14-26(16-17(27)2)20-12-10-19(11-13-20)24(29)30-4/h6-13,17-18H,5,14-16H2,1-4H3,(H,25,28). The normalized spacial score (nSPS) is 17.7. The fourth-order valence-electron chi connectivity index (χ4n) is 3.95. The van der Waals surface area contributed by atoms with Crippen molar-refractivity contribution in [1.29, 1.82) is 0 Å². The second-order valence-electron chi connectivity index (χ2n) is 7.67. The second kappa shape index (κ2) is 10.3. The number of carbonyl (C=O) groups excluding carboxylic acids is 2. The summed E-state index contributed by atoms with van der Waals surface area (Å²) < 4.78 is 10.4. The van der Waals surface area contributed by atoms with Gasteiger partial charge in [0.05, 0.1) is 31.0 Å². The molecule has 2 aromatic rings. The Kier molecular flexibility index (Phi) is 7.52. The Morgan fingerprint density at radius 1 is 1.13 bits per heavy atom. The third-order valence-electron chi connectivity index (χ3n) is 5.65. The van der Waals surface area contributed by atoms with E-state index in [1.54, 1.807) is 12.1 Å². The van der Waals surface area contributed by atoms with Crippen molar-refractivity contribution in [2.45, 2.75) is 32.9 Å². The molecule has 0 saturated carbocycles. The van der Waals surface area contributed by atoms with Crippen molar-refractivity contribution in [3.05, 3.63) is 54.1 Å². The van der Waals surface area contributed by atoms with Crippen molar-refractivity contribution in [3.63, 3.8) is 0 Å². The van der Waals surface area contributed by atoms with Crippen molar-refractivity contribution in [2.24, 2.45) is 0 Å². The van der Waals surface area contributed by atoms with Gasteiger partial charge >= 0.3 is 5.97 Å². The van der Waals surface area contributed by atoms with Gasteiger partial charge in [-0.2, -0.15) is 0 Å². The molecule has 3 rings (SSSR count). The lowest BCUT2D eigenvalue weighted by molar-refractivity contribution is -0.121. The monoisotopic (exact) mass is 425 g/mol. The third kappa shape index (κ3) is 5.35. The molecule has 31 heavy (non-hydrogen) atoms. The van der Waals surface area contributed by atoms with Crippen molar-refractivity contribution in [1.82, 2.24) is 4.90 Å². The van der Waals surface area contributed by atoms with Crippen LogP contribution in [0.4, 0.5) is 11.4 Å². The summed E-state index contributed by atoms with van der Waals surface area (Å²) in [5.41, 5.74) is 2.29. The smallest absolute Gasteiger partial charge is 0.337 e. The van der Waals surface area contributed by atoms with Crippen LogP contribution in [0, 0.1) is 0 Å². The summed E-state index contributed by atoms with van der Waals surface area (Å²) in [6, 6.07) is 14.9. The molecule has 1 saturated heterocycles. The maximum absolute atomic E-state index is 12.9. The van der Waals surface area contributed by atoms with E-state index in [1.807, 2.05) is 50.2 Å². The molecule has 2 atom stereocenters. The van der Waals surface area contributed by atoms with E-state index < -0.39 is 0 Å². The molecule has 1 aliphatic rings. The van der Waals surface area contributed by atoms with Crippen LogP contribution in [0.15, 0.2) is 48.5 Å². The summed E-state index contributed by atoms with van der Waals surface area (Å²) in [4.78, 5) is 29.1. The SMILES string of the molecule is CCOc1ccccc1NC(=O)C(C)N1CCN(c2ccc(C(=O)OC)cc2)CC1C. The first-order chi connectivity index (χ1) is 14.9. The Hall–Kier alpha value is -3.06. The van der Waals surface area contributed by atoms with Gasteiger partial charge in [0.15, 0.2) is 0 Å². The molecule has 7 nitrogen and oxygen atoms in total. The zero-order valence-electron chi connectivity index (χ0n) is 18.6.